The van der Waals surface area contributed by atoms with Gasteiger partial charge in [-0.2, -0.15) is 11.8 Å². The van der Waals surface area contributed by atoms with Crippen LogP contribution in [0.1, 0.15) is 18.1 Å². The van der Waals surface area contributed by atoms with E-state index in [9.17, 15) is 4.39 Å². The molecule has 2 nitrogen and oxygen atoms in total. The second-order valence-electron chi connectivity index (χ2n) is 4.12. The van der Waals surface area contributed by atoms with Gasteiger partial charge >= 0.3 is 0 Å². The van der Waals surface area contributed by atoms with Crippen LogP contribution in [-0.4, -0.2) is 24.0 Å². The molecule has 0 radical (unpaired) electrons. The number of nitrogens with two attached hydrogens (primary N) is 1. The molecule has 0 saturated carbocycles. The summed E-state index contributed by atoms with van der Waals surface area (Å²) < 4.78 is 13.4. The topological polar surface area (TPSA) is 46.2 Å². The molecule has 1 rings (SSSR count). The molecule has 0 bridgehead atoms. The summed E-state index contributed by atoms with van der Waals surface area (Å²) in [6.07, 6.45) is 0. The summed E-state index contributed by atoms with van der Waals surface area (Å²) >= 11 is 1.72. The monoisotopic (exact) mass is 267 g/mol. The van der Waals surface area contributed by atoms with E-state index in [0.717, 1.165) is 17.1 Å². The third kappa shape index (κ3) is 5.09. The average Bonchev–Trinajstić information content (AvgIpc) is 2.38. The molecule has 0 heterocycles. The van der Waals surface area contributed by atoms with Crippen molar-refractivity contribution in [3.05, 3.63) is 35.1 Å². The molecular weight excluding hydrogens is 249 g/mol. The molecule has 98 valence electrons. The van der Waals surface area contributed by atoms with E-state index in [1.165, 1.54) is 6.07 Å². The van der Waals surface area contributed by atoms with Crippen molar-refractivity contribution in [3.63, 3.8) is 0 Å². The second-order valence-corrected chi connectivity index (χ2v) is 5.15. The van der Waals surface area contributed by atoms with Crippen LogP contribution in [0, 0.1) is 23.6 Å². The van der Waals surface area contributed by atoms with Gasteiger partial charge in [0.1, 0.15) is 5.82 Å². The predicted molar refractivity (Wildman–Crippen MR) is 74.7 cm³/mol. The third-order valence-corrected chi connectivity index (χ3v) is 3.68. The van der Waals surface area contributed by atoms with Gasteiger partial charge in [-0.3, -0.25) is 0 Å². The first-order chi connectivity index (χ1) is 8.67. The zero-order valence-electron chi connectivity index (χ0n) is 10.4. The Morgan fingerprint density at radius 3 is 2.94 bits per heavy atom. The number of halogens is 1. The number of rotatable bonds is 5. The number of hydrogen-bond donors (Lipinski definition) is 2. The SMILES string of the molecule is CC(CO)CSCc1ccc(F)c(C#CCN)c1. The van der Waals surface area contributed by atoms with E-state index in [1.54, 1.807) is 23.9 Å². The molecule has 18 heavy (non-hydrogen) atoms. The maximum Gasteiger partial charge on any atom is 0.138 e. The van der Waals surface area contributed by atoms with Crippen LogP contribution in [0.4, 0.5) is 4.39 Å². The molecule has 0 aliphatic rings. The van der Waals surface area contributed by atoms with E-state index in [1.807, 2.05) is 6.92 Å². The highest BCUT2D eigenvalue weighted by atomic mass is 32.2. The molecule has 0 spiro atoms. The van der Waals surface area contributed by atoms with Crippen molar-refractivity contribution in [1.29, 1.82) is 0 Å². The largest absolute Gasteiger partial charge is 0.396 e. The molecular formula is C14H18FNOS. The molecule has 0 saturated heterocycles. The van der Waals surface area contributed by atoms with Crippen molar-refractivity contribution in [2.24, 2.45) is 11.7 Å². The third-order valence-electron chi connectivity index (χ3n) is 2.34. The number of aliphatic hydroxyl groups is 1. The Hall–Kier alpha value is -1.02. The number of hydrogen-bond acceptors (Lipinski definition) is 3. The van der Waals surface area contributed by atoms with Crippen LogP contribution < -0.4 is 5.73 Å². The number of aliphatic hydroxyl groups excluding tert-OH is 1. The van der Waals surface area contributed by atoms with Crippen LogP contribution in [0.5, 0.6) is 0 Å². The molecule has 1 unspecified atom stereocenters. The normalized spacial score (nSPS) is 11.8. The lowest BCUT2D eigenvalue weighted by molar-refractivity contribution is 0.250. The summed E-state index contributed by atoms with van der Waals surface area (Å²) in [5, 5.41) is 8.92. The van der Waals surface area contributed by atoms with E-state index < -0.39 is 0 Å². The van der Waals surface area contributed by atoms with Crippen molar-refractivity contribution in [2.75, 3.05) is 18.9 Å². The maximum absolute atomic E-state index is 13.4. The van der Waals surface area contributed by atoms with Crippen molar-refractivity contribution in [2.45, 2.75) is 12.7 Å². The Labute approximate surface area is 112 Å². The average molecular weight is 267 g/mol. The van der Waals surface area contributed by atoms with Gasteiger partial charge in [0.15, 0.2) is 0 Å². The summed E-state index contributed by atoms with van der Waals surface area (Å²) in [5.41, 5.74) is 6.70. The second kappa shape index (κ2) is 8.15. The first-order valence-corrected chi connectivity index (χ1v) is 6.98. The Bertz CT molecular complexity index is 439. The summed E-state index contributed by atoms with van der Waals surface area (Å²) in [6, 6.07) is 4.96. The van der Waals surface area contributed by atoms with E-state index >= 15 is 0 Å². The molecule has 3 N–H and O–H groups in total. The van der Waals surface area contributed by atoms with Crippen LogP contribution >= 0.6 is 11.8 Å². The minimum Gasteiger partial charge on any atom is -0.396 e. The van der Waals surface area contributed by atoms with Gasteiger partial charge in [0.05, 0.1) is 12.1 Å². The molecule has 0 amide bonds. The van der Waals surface area contributed by atoms with Crippen molar-refractivity contribution in [1.82, 2.24) is 0 Å². The lowest BCUT2D eigenvalue weighted by atomic mass is 10.1. The van der Waals surface area contributed by atoms with Crippen LogP contribution in [0.2, 0.25) is 0 Å². The fraction of sp³-hybridized carbons (Fsp3) is 0.429. The fourth-order valence-electron chi connectivity index (χ4n) is 1.33. The molecule has 0 aliphatic heterocycles. The van der Waals surface area contributed by atoms with Gasteiger partial charge in [-0.1, -0.05) is 24.8 Å². The molecule has 4 heteroatoms. The van der Waals surface area contributed by atoms with Gasteiger partial charge < -0.3 is 10.8 Å². The summed E-state index contributed by atoms with van der Waals surface area (Å²) in [6.45, 7) is 2.42. The van der Waals surface area contributed by atoms with E-state index in [0.29, 0.717) is 5.56 Å². The Morgan fingerprint density at radius 1 is 1.50 bits per heavy atom. The quantitative estimate of drug-likeness (QED) is 0.802. The van der Waals surface area contributed by atoms with E-state index in [4.69, 9.17) is 10.8 Å². The Morgan fingerprint density at radius 2 is 2.28 bits per heavy atom. The highest BCUT2D eigenvalue weighted by molar-refractivity contribution is 7.98. The number of thioether (sulfide) groups is 1. The lowest BCUT2D eigenvalue weighted by Crippen LogP contribution is -2.03. The van der Waals surface area contributed by atoms with Crippen molar-refractivity contribution < 1.29 is 9.50 Å². The summed E-state index contributed by atoms with van der Waals surface area (Å²) in [5.74, 6) is 7.03. The maximum atomic E-state index is 13.4. The Balaban J connectivity index is 2.61. The van der Waals surface area contributed by atoms with Gasteiger partial charge in [-0.15, -0.1) is 0 Å². The zero-order valence-corrected chi connectivity index (χ0v) is 11.3. The van der Waals surface area contributed by atoms with Crippen LogP contribution in [-0.2, 0) is 5.75 Å². The van der Waals surface area contributed by atoms with Gasteiger partial charge in [-0.25, -0.2) is 4.39 Å². The minimum absolute atomic E-state index is 0.198. The minimum atomic E-state index is -0.312. The highest BCUT2D eigenvalue weighted by Gasteiger charge is 2.03. The van der Waals surface area contributed by atoms with Crippen molar-refractivity contribution in [3.8, 4) is 11.8 Å². The lowest BCUT2D eigenvalue weighted by Gasteiger charge is -2.07. The predicted octanol–water partition coefficient (Wildman–Crippen LogP) is 2.00. The molecule has 1 atom stereocenters. The first kappa shape index (κ1) is 15.0. The Kier molecular flexibility index (Phi) is 6.81. The zero-order chi connectivity index (χ0) is 13.4. The molecule has 1 aromatic rings. The molecule has 0 aliphatic carbocycles. The smallest absolute Gasteiger partial charge is 0.138 e. The van der Waals surface area contributed by atoms with Crippen LogP contribution in [0.15, 0.2) is 18.2 Å². The fourth-order valence-corrected chi connectivity index (χ4v) is 2.38. The van der Waals surface area contributed by atoms with Crippen LogP contribution in [0.25, 0.3) is 0 Å². The highest BCUT2D eigenvalue weighted by Crippen LogP contribution is 2.17. The first-order valence-electron chi connectivity index (χ1n) is 5.83. The van der Waals surface area contributed by atoms with E-state index in [2.05, 4.69) is 11.8 Å². The van der Waals surface area contributed by atoms with Gasteiger partial charge in [0.2, 0.25) is 0 Å². The standard InChI is InChI=1S/C14H18FNOS/c1-11(8-17)9-18-10-12-4-5-14(15)13(7-12)3-2-6-16/h4-5,7,11,17H,6,8-10,16H2,1H3. The summed E-state index contributed by atoms with van der Waals surface area (Å²) in [7, 11) is 0. The van der Waals surface area contributed by atoms with Crippen LogP contribution in [0.3, 0.4) is 0 Å². The van der Waals surface area contributed by atoms with Gasteiger partial charge in [0, 0.05) is 12.4 Å². The van der Waals surface area contributed by atoms with Gasteiger partial charge in [-0.05, 0) is 29.4 Å². The van der Waals surface area contributed by atoms with Gasteiger partial charge in [0.25, 0.3) is 0 Å². The molecule has 0 fully saturated rings. The number of benzene rings is 1. The summed E-state index contributed by atoms with van der Waals surface area (Å²) in [4.78, 5) is 0. The van der Waals surface area contributed by atoms with Crippen molar-refractivity contribution >= 4 is 11.8 Å². The molecule has 1 aromatic carbocycles. The van der Waals surface area contributed by atoms with E-state index in [-0.39, 0.29) is 24.9 Å². The molecule has 0 aromatic heterocycles.